The van der Waals surface area contributed by atoms with Crippen molar-refractivity contribution in [1.29, 1.82) is 0 Å². The molecule has 7 heteroatoms. The monoisotopic (exact) mass is 298 g/mol. The lowest BCUT2D eigenvalue weighted by atomic mass is 9.98. The zero-order chi connectivity index (χ0) is 14.0. The number of hydrogen-bond acceptors (Lipinski definition) is 3. The molecule has 0 aliphatic heterocycles. The first kappa shape index (κ1) is 15.2. The summed E-state index contributed by atoms with van der Waals surface area (Å²) in [5.74, 6) is -2.69. The molecule has 0 saturated carbocycles. The molecule has 0 unspecified atom stereocenters. The van der Waals surface area contributed by atoms with Gasteiger partial charge in [0.25, 0.3) is 0 Å². The Balaban J connectivity index is 2.73. The summed E-state index contributed by atoms with van der Waals surface area (Å²) in [5.41, 5.74) is -0.806. The Kier molecular flexibility index (Phi) is 4.55. The molecule has 0 N–H and O–H groups in total. The molecule has 0 spiro atoms. The van der Waals surface area contributed by atoms with Gasteiger partial charge in [0, 0.05) is 16.1 Å². The highest BCUT2D eigenvalue weighted by molar-refractivity contribution is 8.13. The molecule has 0 bridgehead atoms. The predicted molar refractivity (Wildman–Crippen MR) is 65.3 cm³/mol. The molecule has 3 nitrogen and oxygen atoms in total. The Bertz CT molecular complexity index is 529. The van der Waals surface area contributed by atoms with E-state index < -0.39 is 26.1 Å². The number of rotatable bonds is 5. The van der Waals surface area contributed by atoms with Gasteiger partial charge in [-0.1, -0.05) is 19.9 Å². The fraction of sp³-hybridized carbons (Fsp3) is 0.455. The highest BCUT2D eigenvalue weighted by atomic mass is 35.7. The molecule has 0 aliphatic carbocycles. The summed E-state index contributed by atoms with van der Waals surface area (Å²) in [7, 11) is 1.46. The van der Waals surface area contributed by atoms with Gasteiger partial charge in [0.05, 0.1) is 12.4 Å². The van der Waals surface area contributed by atoms with Gasteiger partial charge < -0.3 is 4.74 Å². The van der Waals surface area contributed by atoms with E-state index in [2.05, 4.69) is 0 Å². The summed E-state index contributed by atoms with van der Waals surface area (Å²) in [5, 5.41) is 0. The highest BCUT2D eigenvalue weighted by Crippen LogP contribution is 2.24. The van der Waals surface area contributed by atoms with E-state index in [1.165, 1.54) is 12.1 Å². The van der Waals surface area contributed by atoms with Crippen molar-refractivity contribution in [2.24, 2.45) is 5.41 Å². The lowest BCUT2D eigenvalue weighted by Gasteiger charge is -2.23. The molecule has 0 saturated heterocycles. The van der Waals surface area contributed by atoms with Crippen LogP contribution < -0.4 is 4.74 Å². The van der Waals surface area contributed by atoms with Crippen molar-refractivity contribution in [3.8, 4) is 5.75 Å². The molecule has 0 heterocycles. The van der Waals surface area contributed by atoms with Crippen LogP contribution in [0.2, 0.25) is 0 Å². The van der Waals surface area contributed by atoms with E-state index in [9.17, 15) is 17.2 Å². The summed E-state index contributed by atoms with van der Waals surface area (Å²) in [4.78, 5) is 0. The Morgan fingerprint density at radius 3 is 2.50 bits per heavy atom. The number of hydrogen-bond donors (Lipinski definition) is 0. The maximum absolute atomic E-state index is 13.3. The largest absolute Gasteiger partial charge is 0.490 e. The minimum Gasteiger partial charge on any atom is -0.490 e. The second-order valence-electron chi connectivity index (χ2n) is 4.69. The molecule has 0 aliphatic rings. The lowest BCUT2D eigenvalue weighted by molar-refractivity contribution is 0.191. The van der Waals surface area contributed by atoms with E-state index in [1.54, 1.807) is 13.8 Å². The Morgan fingerprint density at radius 2 is 1.94 bits per heavy atom. The lowest BCUT2D eigenvalue weighted by Crippen LogP contribution is -2.28. The zero-order valence-corrected chi connectivity index (χ0v) is 11.5. The molecule has 0 amide bonds. The van der Waals surface area contributed by atoms with Gasteiger partial charge in [-0.2, -0.15) is 4.39 Å². The highest BCUT2D eigenvalue weighted by Gasteiger charge is 2.26. The van der Waals surface area contributed by atoms with Gasteiger partial charge in [0.1, 0.15) is 0 Å². The molecule has 1 aromatic carbocycles. The van der Waals surface area contributed by atoms with Crippen LogP contribution in [0.1, 0.15) is 13.8 Å². The standard InChI is InChI=1S/C11H13ClF2O3S/c1-11(2,7-18(12,15)16)6-17-9-5-3-4-8(13)10(9)14/h3-5H,6-7H2,1-2H3. The van der Waals surface area contributed by atoms with Gasteiger partial charge in [-0.3, -0.25) is 0 Å². The normalized spacial score (nSPS) is 12.5. The third kappa shape index (κ3) is 4.78. The zero-order valence-electron chi connectivity index (χ0n) is 9.91. The van der Waals surface area contributed by atoms with Crippen LogP contribution in [-0.2, 0) is 9.05 Å². The maximum atomic E-state index is 13.3. The smallest absolute Gasteiger partial charge is 0.233 e. The van der Waals surface area contributed by atoms with Crippen molar-refractivity contribution < 1.29 is 21.9 Å². The molecule has 102 valence electrons. The first-order valence-electron chi connectivity index (χ1n) is 5.10. The number of benzene rings is 1. The van der Waals surface area contributed by atoms with Crippen molar-refractivity contribution in [2.75, 3.05) is 12.4 Å². The number of halogens is 3. The summed E-state index contributed by atoms with van der Waals surface area (Å²) < 4.78 is 53.2. The third-order valence-electron chi connectivity index (χ3n) is 2.10. The van der Waals surface area contributed by atoms with Crippen LogP contribution >= 0.6 is 10.7 Å². The van der Waals surface area contributed by atoms with Crippen molar-refractivity contribution >= 4 is 19.7 Å². The minimum absolute atomic E-state index is 0.0979. The average Bonchev–Trinajstić information content (AvgIpc) is 2.17. The van der Waals surface area contributed by atoms with E-state index in [1.807, 2.05) is 0 Å². The van der Waals surface area contributed by atoms with E-state index in [-0.39, 0.29) is 18.1 Å². The van der Waals surface area contributed by atoms with Gasteiger partial charge in [-0.25, -0.2) is 12.8 Å². The second kappa shape index (κ2) is 5.40. The van der Waals surface area contributed by atoms with Crippen molar-refractivity contribution in [2.45, 2.75) is 13.8 Å². The second-order valence-corrected chi connectivity index (χ2v) is 7.46. The van der Waals surface area contributed by atoms with E-state index in [4.69, 9.17) is 15.4 Å². The average molecular weight is 299 g/mol. The summed E-state index contributed by atoms with van der Waals surface area (Å²) >= 11 is 0. The quantitative estimate of drug-likeness (QED) is 0.785. The van der Waals surface area contributed by atoms with Gasteiger partial charge in [0.15, 0.2) is 11.6 Å². The van der Waals surface area contributed by atoms with Gasteiger partial charge in [0.2, 0.25) is 14.9 Å². The molecule has 0 atom stereocenters. The minimum atomic E-state index is -3.68. The SMILES string of the molecule is CC(C)(COc1cccc(F)c1F)CS(=O)(=O)Cl. The number of ether oxygens (including phenoxy) is 1. The molecular formula is C11H13ClF2O3S. The molecule has 0 fully saturated rings. The molecule has 0 radical (unpaired) electrons. The fourth-order valence-corrected chi connectivity index (χ4v) is 3.28. The van der Waals surface area contributed by atoms with Crippen LogP contribution in [0.15, 0.2) is 18.2 Å². The molecule has 1 rings (SSSR count). The van der Waals surface area contributed by atoms with Gasteiger partial charge in [-0.15, -0.1) is 0 Å². The van der Waals surface area contributed by atoms with E-state index in [0.717, 1.165) is 6.07 Å². The molecule has 1 aromatic rings. The van der Waals surface area contributed by atoms with Gasteiger partial charge in [-0.05, 0) is 12.1 Å². The molecule has 0 aromatic heterocycles. The van der Waals surface area contributed by atoms with Crippen LogP contribution in [-0.4, -0.2) is 20.8 Å². The van der Waals surface area contributed by atoms with E-state index in [0.29, 0.717) is 0 Å². The topological polar surface area (TPSA) is 43.4 Å². The van der Waals surface area contributed by atoms with Crippen LogP contribution in [0, 0.1) is 17.0 Å². The summed E-state index contributed by atoms with van der Waals surface area (Å²) in [6.45, 7) is 3.10. The van der Waals surface area contributed by atoms with Crippen molar-refractivity contribution in [1.82, 2.24) is 0 Å². The maximum Gasteiger partial charge on any atom is 0.233 e. The van der Waals surface area contributed by atoms with Crippen molar-refractivity contribution in [3.05, 3.63) is 29.8 Å². The Hall–Kier alpha value is -0.880. The van der Waals surface area contributed by atoms with Gasteiger partial charge >= 0.3 is 0 Å². The first-order valence-corrected chi connectivity index (χ1v) is 7.58. The van der Waals surface area contributed by atoms with E-state index >= 15 is 0 Å². The van der Waals surface area contributed by atoms with Crippen LogP contribution in [0.3, 0.4) is 0 Å². The Labute approximate surface area is 109 Å². The van der Waals surface area contributed by atoms with Crippen LogP contribution in [0.25, 0.3) is 0 Å². The summed E-state index contributed by atoms with van der Waals surface area (Å²) in [6.07, 6.45) is 0. The van der Waals surface area contributed by atoms with Crippen molar-refractivity contribution in [3.63, 3.8) is 0 Å². The predicted octanol–water partition coefficient (Wildman–Crippen LogP) is 2.94. The fourth-order valence-electron chi connectivity index (χ4n) is 1.38. The first-order chi connectivity index (χ1) is 8.11. The van der Waals surface area contributed by atoms with Crippen LogP contribution in [0.4, 0.5) is 8.78 Å². The summed E-state index contributed by atoms with van der Waals surface area (Å²) in [6, 6.07) is 3.54. The Morgan fingerprint density at radius 1 is 1.33 bits per heavy atom. The van der Waals surface area contributed by atoms with Crippen LogP contribution in [0.5, 0.6) is 5.75 Å². The third-order valence-corrected chi connectivity index (χ3v) is 3.55. The molecule has 18 heavy (non-hydrogen) atoms. The molecular weight excluding hydrogens is 286 g/mol.